The zero-order chi connectivity index (χ0) is 11.1. The predicted octanol–water partition coefficient (Wildman–Crippen LogP) is 1.78. The van der Waals surface area contributed by atoms with Crippen LogP contribution in [0.15, 0.2) is 24.3 Å². The largest absolute Gasteiger partial charge is 0.358 e. The smallest absolute Gasteiger partial charge is 0.269 e. The molecule has 2 heterocycles. The molecule has 2 fully saturated rings. The minimum atomic E-state index is -0.379. The Morgan fingerprint density at radius 3 is 2.62 bits per heavy atom. The van der Waals surface area contributed by atoms with E-state index >= 15 is 0 Å². The second kappa shape index (κ2) is 3.45. The van der Waals surface area contributed by atoms with Crippen molar-refractivity contribution in [2.45, 2.75) is 12.6 Å². The highest BCUT2D eigenvalue weighted by Crippen LogP contribution is 2.35. The van der Waals surface area contributed by atoms with Crippen molar-refractivity contribution < 1.29 is 9.66 Å². The summed E-state index contributed by atoms with van der Waals surface area (Å²) in [6.45, 7) is 1.86. The molecule has 0 spiro atoms. The van der Waals surface area contributed by atoms with Gasteiger partial charge in [0.15, 0.2) is 0 Å². The maximum Gasteiger partial charge on any atom is 0.269 e. The Bertz CT molecular complexity index is 418. The molecule has 16 heavy (non-hydrogen) atoms. The van der Waals surface area contributed by atoms with Gasteiger partial charge in [0.1, 0.15) is 6.23 Å². The molecule has 0 aromatic heterocycles. The molecule has 2 bridgehead atoms. The number of nitrogens with zero attached hydrogens (tertiary/aromatic N) is 2. The van der Waals surface area contributed by atoms with E-state index in [1.54, 1.807) is 24.3 Å². The lowest BCUT2D eigenvalue weighted by atomic mass is 10.2. The summed E-state index contributed by atoms with van der Waals surface area (Å²) in [5.41, 5.74) is 1.15. The molecular formula is C11H12N2O3. The molecule has 0 radical (unpaired) electrons. The van der Waals surface area contributed by atoms with Crippen LogP contribution in [-0.4, -0.2) is 24.3 Å². The van der Waals surface area contributed by atoms with Crippen LogP contribution in [0.2, 0.25) is 0 Å². The average molecular weight is 220 g/mol. The Morgan fingerprint density at radius 1 is 1.38 bits per heavy atom. The summed E-state index contributed by atoms with van der Waals surface area (Å²) in [6, 6.07) is 6.67. The Labute approximate surface area is 92.8 Å². The predicted molar refractivity (Wildman–Crippen MR) is 58.3 cm³/mol. The Kier molecular flexibility index (Phi) is 2.07. The molecule has 1 aromatic rings. The van der Waals surface area contributed by atoms with Gasteiger partial charge in [0.2, 0.25) is 0 Å². The zero-order valence-corrected chi connectivity index (χ0v) is 8.70. The van der Waals surface area contributed by atoms with Crippen LogP contribution in [0.1, 0.15) is 6.42 Å². The molecule has 0 N–H and O–H groups in total. The molecule has 0 saturated carbocycles. The molecule has 2 aliphatic rings. The normalized spacial score (nSPS) is 27.4. The standard InChI is InChI=1S/C11H12N2O3/c14-13(15)10-3-1-9(2-4-10)12-6-8-5-11(12)16-7-8/h1-4,8,11H,5-7H2/t8-,11+/m1/s1. The van der Waals surface area contributed by atoms with Gasteiger partial charge in [0, 0.05) is 30.3 Å². The number of ether oxygens (including phenoxy) is 1. The topological polar surface area (TPSA) is 55.6 Å². The number of rotatable bonds is 2. The van der Waals surface area contributed by atoms with E-state index in [1.807, 2.05) is 0 Å². The summed E-state index contributed by atoms with van der Waals surface area (Å²) in [7, 11) is 0. The maximum atomic E-state index is 10.5. The van der Waals surface area contributed by atoms with Gasteiger partial charge >= 0.3 is 0 Å². The summed E-state index contributed by atoms with van der Waals surface area (Å²) >= 11 is 0. The molecule has 84 valence electrons. The van der Waals surface area contributed by atoms with Crippen LogP contribution in [0, 0.1) is 16.0 Å². The van der Waals surface area contributed by atoms with Gasteiger partial charge in [-0.2, -0.15) is 0 Å². The van der Waals surface area contributed by atoms with Crippen molar-refractivity contribution in [2.75, 3.05) is 18.1 Å². The highest BCUT2D eigenvalue weighted by molar-refractivity contribution is 5.52. The Balaban J connectivity index is 1.82. The first kappa shape index (κ1) is 9.59. The molecule has 2 saturated heterocycles. The van der Waals surface area contributed by atoms with Gasteiger partial charge in [0.25, 0.3) is 5.69 Å². The van der Waals surface area contributed by atoms with E-state index in [9.17, 15) is 10.1 Å². The molecular weight excluding hydrogens is 208 g/mol. The molecule has 1 aromatic carbocycles. The number of anilines is 1. The molecule has 2 atom stereocenters. The summed E-state index contributed by atoms with van der Waals surface area (Å²) in [5.74, 6) is 0.625. The van der Waals surface area contributed by atoms with E-state index in [4.69, 9.17) is 4.74 Å². The van der Waals surface area contributed by atoms with Gasteiger partial charge in [-0.15, -0.1) is 0 Å². The molecule has 5 heteroatoms. The van der Waals surface area contributed by atoms with Gasteiger partial charge in [-0.3, -0.25) is 10.1 Å². The van der Waals surface area contributed by atoms with E-state index in [1.165, 1.54) is 0 Å². The minimum Gasteiger partial charge on any atom is -0.358 e. The number of benzene rings is 1. The second-order valence-corrected chi connectivity index (χ2v) is 4.32. The van der Waals surface area contributed by atoms with E-state index in [0.29, 0.717) is 5.92 Å². The van der Waals surface area contributed by atoms with E-state index in [2.05, 4.69) is 4.90 Å². The van der Waals surface area contributed by atoms with E-state index in [0.717, 1.165) is 25.3 Å². The summed E-state index contributed by atoms with van der Waals surface area (Å²) in [6.07, 6.45) is 1.25. The van der Waals surface area contributed by atoms with Crippen molar-refractivity contribution in [3.05, 3.63) is 34.4 Å². The average Bonchev–Trinajstić information content (AvgIpc) is 2.91. The molecule has 5 nitrogen and oxygen atoms in total. The van der Waals surface area contributed by atoms with Crippen LogP contribution in [-0.2, 0) is 4.74 Å². The first-order valence-electron chi connectivity index (χ1n) is 5.37. The molecule has 2 aliphatic heterocycles. The van der Waals surface area contributed by atoms with Crippen LogP contribution in [0.25, 0.3) is 0 Å². The van der Waals surface area contributed by atoms with Crippen LogP contribution >= 0.6 is 0 Å². The van der Waals surface area contributed by atoms with E-state index in [-0.39, 0.29) is 16.8 Å². The highest BCUT2D eigenvalue weighted by Gasteiger charge is 2.39. The fraction of sp³-hybridized carbons (Fsp3) is 0.455. The van der Waals surface area contributed by atoms with Crippen molar-refractivity contribution in [2.24, 2.45) is 5.92 Å². The third-order valence-corrected chi connectivity index (χ3v) is 3.25. The number of fused-ring (bicyclic) bond motifs is 2. The van der Waals surface area contributed by atoms with E-state index < -0.39 is 0 Å². The van der Waals surface area contributed by atoms with Crippen LogP contribution in [0.5, 0.6) is 0 Å². The molecule has 0 aliphatic carbocycles. The summed E-state index contributed by atoms with van der Waals surface area (Å²) in [4.78, 5) is 12.3. The summed E-state index contributed by atoms with van der Waals surface area (Å²) in [5, 5.41) is 10.5. The number of nitro benzene ring substituents is 1. The van der Waals surface area contributed by atoms with Crippen LogP contribution in [0.3, 0.4) is 0 Å². The number of nitro groups is 1. The fourth-order valence-electron chi connectivity index (χ4n) is 2.45. The highest BCUT2D eigenvalue weighted by atomic mass is 16.6. The molecule has 3 rings (SSSR count). The Hall–Kier alpha value is -1.62. The van der Waals surface area contributed by atoms with Crippen molar-refractivity contribution in [3.63, 3.8) is 0 Å². The number of hydrogen-bond acceptors (Lipinski definition) is 4. The monoisotopic (exact) mass is 220 g/mol. The van der Waals surface area contributed by atoms with Gasteiger partial charge in [0.05, 0.1) is 11.5 Å². The van der Waals surface area contributed by atoms with Gasteiger partial charge in [-0.1, -0.05) is 0 Å². The SMILES string of the molecule is O=[N+]([O-])c1ccc(N2C[C@@H]3CO[C@H]2C3)cc1. The molecule has 0 amide bonds. The number of non-ortho nitro benzene ring substituents is 1. The quantitative estimate of drug-likeness (QED) is 0.563. The molecule has 0 unspecified atom stereocenters. The van der Waals surface area contributed by atoms with Crippen molar-refractivity contribution in [1.29, 1.82) is 0 Å². The van der Waals surface area contributed by atoms with Crippen molar-refractivity contribution >= 4 is 11.4 Å². The number of hydrogen-bond donors (Lipinski definition) is 0. The lowest BCUT2D eigenvalue weighted by Gasteiger charge is -2.28. The fourth-order valence-corrected chi connectivity index (χ4v) is 2.45. The van der Waals surface area contributed by atoms with Crippen LogP contribution in [0.4, 0.5) is 11.4 Å². The third kappa shape index (κ3) is 1.44. The lowest BCUT2D eigenvalue weighted by Crippen LogP contribution is -2.35. The van der Waals surface area contributed by atoms with Crippen molar-refractivity contribution in [1.82, 2.24) is 0 Å². The Morgan fingerprint density at radius 2 is 2.12 bits per heavy atom. The second-order valence-electron chi connectivity index (χ2n) is 4.32. The maximum absolute atomic E-state index is 10.5. The minimum absolute atomic E-state index is 0.133. The lowest BCUT2D eigenvalue weighted by molar-refractivity contribution is -0.384. The summed E-state index contributed by atoms with van der Waals surface area (Å²) < 4.78 is 5.59. The van der Waals surface area contributed by atoms with Gasteiger partial charge in [-0.25, -0.2) is 0 Å². The first-order chi connectivity index (χ1) is 7.74. The van der Waals surface area contributed by atoms with Crippen molar-refractivity contribution in [3.8, 4) is 0 Å². The van der Waals surface area contributed by atoms with Gasteiger partial charge in [-0.05, 0) is 18.6 Å². The van der Waals surface area contributed by atoms with Gasteiger partial charge < -0.3 is 9.64 Å². The third-order valence-electron chi connectivity index (χ3n) is 3.25. The first-order valence-corrected chi connectivity index (χ1v) is 5.37. The zero-order valence-electron chi connectivity index (χ0n) is 8.70. The van der Waals surface area contributed by atoms with Crippen LogP contribution < -0.4 is 4.90 Å².